The molecule has 1 unspecified atom stereocenters. The summed E-state index contributed by atoms with van der Waals surface area (Å²) in [6.07, 6.45) is 0. The average Bonchev–Trinajstić information content (AvgIpc) is 2.91. The van der Waals surface area contributed by atoms with E-state index < -0.39 is 0 Å². The number of halogens is 1. The third-order valence-electron chi connectivity index (χ3n) is 3.03. The minimum Gasteiger partial charge on any atom is -0.459 e. The fraction of sp³-hybridized carbons (Fsp3) is 0.214. The molecule has 1 atom stereocenters. The molecule has 2 N–H and O–H groups in total. The van der Waals surface area contributed by atoms with Crippen molar-refractivity contribution in [3.63, 3.8) is 0 Å². The highest BCUT2D eigenvalue weighted by atomic mass is 35.5. The molecule has 98 valence electrons. The lowest BCUT2D eigenvalue weighted by Crippen LogP contribution is -2.10. The van der Waals surface area contributed by atoms with Crippen LogP contribution in [0.3, 0.4) is 0 Å². The summed E-state index contributed by atoms with van der Waals surface area (Å²) in [6.45, 7) is 3.95. The molecule has 0 spiro atoms. The SMILES string of the molecule is Cc1nc(C)c(C(N)c2cc3cc(Cl)ccc3o2)s1. The van der Waals surface area contributed by atoms with Gasteiger partial charge in [0.15, 0.2) is 0 Å². The maximum absolute atomic E-state index is 6.28. The van der Waals surface area contributed by atoms with Crippen molar-refractivity contribution in [2.75, 3.05) is 0 Å². The van der Waals surface area contributed by atoms with Crippen LogP contribution in [0.1, 0.15) is 27.4 Å². The lowest BCUT2D eigenvalue weighted by Gasteiger charge is -2.06. The molecule has 5 heteroatoms. The van der Waals surface area contributed by atoms with Crippen molar-refractivity contribution >= 4 is 33.9 Å². The quantitative estimate of drug-likeness (QED) is 0.770. The van der Waals surface area contributed by atoms with E-state index in [1.807, 2.05) is 38.1 Å². The third-order valence-corrected chi connectivity index (χ3v) is 4.42. The van der Waals surface area contributed by atoms with E-state index in [1.54, 1.807) is 11.3 Å². The Kier molecular flexibility index (Phi) is 3.09. The van der Waals surface area contributed by atoms with Gasteiger partial charge in [-0.1, -0.05) is 11.6 Å². The van der Waals surface area contributed by atoms with Gasteiger partial charge in [0.25, 0.3) is 0 Å². The lowest BCUT2D eigenvalue weighted by atomic mass is 10.1. The van der Waals surface area contributed by atoms with Crippen LogP contribution in [0.25, 0.3) is 11.0 Å². The average molecular weight is 293 g/mol. The minimum absolute atomic E-state index is 0.280. The summed E-state index contributed by atoms with van der Waals surface area (Å²) in [5.41, 5.74) is 8.04. The Morgan fingerprint density at radius 3 is 2.79 bits per heavy atom. The van der Waals surface area contributed by atoms with Crippen LogP contribution in [-0.2, 0) is 0 Å². The summed E-state index contributed by atoms with van der Waals surface area (Å²) < 4.78 is 5.80. The van der Waals surface area contributed by atoms with Gasteiger partial charge in [0.05, 0.1) is 21.6 Å². The van der Waals surface area contributed by atoms with E-state index in [1.165, 1.54) is 0 Å². The molecule has 2 heterocycles. The number of nitrogens with zero attached hydrogens (tertiary/aromatic N) is 1. The molecule has 3 rings (SSSR count). The Balaban J connectivity index is 2.06. The van der Waals surface area contributed by atoms with Crippen LogP contribution < -0.4 is 5.73 Å². The topological polar surface area (TPSA) is 52.0 Å². The summed E-state index contributed by atoms with van der Waals surface area (Å²) in [4.78, 5) is 5.45. The van der Waals surface area contributed by atoms with Gasteiger partial charge < -0.3 is 10.2 Å². The van der Waals surface area contributed by atoms with Crippen LogP contribution in [0.15, 0.2) is 28.7 Å². The highest BCUT2D eigenvalue weighted by Crippen LogP contribution is 2.32. The Labute approximate surface area is 120 Å². The van der Waals surface area contributed by atoms with Crippen molar-refractivity contribution in [3.05, 3.63) is 50.6 Å². The summed E-state index contributed by atoms with van der Waals surface area (Å²) >= 11 is 7.58. The first-order valence-electron chi connectivity index (χ1n) is 5.93. The van der Waals surface area contributed by atoms with E-state index >= 15 is 0 Å². The van der Waals surface area contributed by atoms with Crippen molar-refractivity contribution in [2.24, 2.45) is 5.73 Å². The Morgan fingerprint density at radius 1 is 1.32 bits per heavy atom. The van der Waals surface area contributed by atoms with Crippen LogP contribution >= 0.6 is 22.9 Å². The molecule has 1 aromatic carbocycles. The van der Waals surface area contributed by atoms with Gasteiger partial charge in [-0.2, -0.15) is 0 Å². The maximum atomic E-state index is 6.28. The summed E-state index contributed by atoms with van der Waals surface area (Å²) in [6, 6.07) is 7.21. The van der Waals surface area contributed by atoms with Crippen molar-refractivity contribution in [3.8, 4) is 0 Å². The molecule has 0 saturated heterocycles. The van der Waals surface area contributed by atoms with Gasteiger partial charge in [-0.05, 0) is 38.1 Å². The standard InChI is InChI=1S/C14H13ClN2OS/c1-7-14(19-8(2)17-7)13(16)12-6-9-5-10(15)3-4-11(9)18-12/h3-6,13H,16H2,1-2H3. The Hall–Kier alpha value is -1.36. The van der Waals surface area contributed by atoms with Gasteiger partial charge in [-0.25, -0.2) is 4.98 Å². The molecule has 0 aliphatic heterocycles. The van der Waals surface area contributed by atoms with Crippen LogP contribution in [-0.4, -0.2) is 4.98 Å². The van der Waals surface area contributed by atoms with Crippen molar-refractivity contribution in [1.82, 2.24) is 4.98 Å². The van der Waals surface area contributed by atoms with E-state index in [-0.39, 0.29) is 6.04 Å². The first-order valence-corrected chi connectivity index (χ1v) is 7.12. The van der Waals surface area contributed by atoms with Crippen LogP contribution in [0, 0.1) is 13.8 Å². The molecule has 0 bridgehead atoms. The highest BCUT2D eigenvalue weighted by molar-refractivity contribution is 7.11. The van der Waals surface area contributed by atoms with E-state index in [4.69, 9.17) is 21.8 Å². The summed E-state index contributed by atoms with van der Waals surface area (Å²) in [7, 11) is 0. The molecule has 3 nitrogen and oxygen atoms in total. The first kappa shape index (κ1) is 12.7. The Bertz CT molecular complexity index is 747. The van der Waals surface area contributed by atoms with Crippen molar-refractivity contribution < 1.29 is 4.42 Å². The van der Waals surface area contributed by atoms with Gasteiger partial charge in [0, 0.05) is 10.4 Å². The largest absolute Gasteiger partial charge is 0.459 e. The third kappa shape index (κ3) is 2.27. The number of aryl methyl sites for hydroxylation is 2. The number of rotatable bonds is 2. The predicted octanol–water partition coefficient (Wildman–Crippen LogP) is 4.21. The zero-order chi connectivity index (χ0) is 13.6. The second-order valence-corrected chi connectivity index (χ2v) is 6.16. The van der Waals surface area contributed by atoms with Gasteiger partial charge in [0.2, 0.25) is 0 Å². The van der Waals surface area contributed by atoms with Gasteiger partial charge in [-0.3, -0.25) is 0 Å². The van der Waals surface area contributed by atoms with E-state index in [0.717, 1.165) is 32.3 Å². The van der Waals surface area contributed by atoms with E-state index in [2.05, 4.69) is 4.98 Å². The molecule has 0 aliphatic carbocycles. The van der Waals surface area contributed by atoms with Crippen molar-refractivity contribution in [1.29, 1.82) is 0 Å². The Morgan fingerprint density at radius 2 is 2.11 bits per heavy atom. The number of thiazole rings is 1. The molecule has 0 radical (unpaired) electrons. The van der Waals surface area contributed by atoms with Crippen molar-refractivity contribution in [2.45, 2.75) is 19.9 Å². The molecular weight excluding hydrogens is 280 g/mol. The number of fused-ring (bicyclic) bond motifs is 1. The first-order chi connectivity index (χ1) is 9.04. The fourth-order valence-electron chi connectivity index (χ4n) is 2.15. The highest BCUT2D eigenvalue weighted by Gasteiger charge is 2.19. The number of hydrogen-bond donors (Lipinski definition) is 1. The van der Waals surface area contributed by atoms with Gasteiger partial charge in [-0.15, -0.1) is 11.3 Å². The molecule has 3 aromatic rings. The smallest absolute Gasteiger partial charge is 0.134 e. The zero-order valence-corrected chi connectivity index (χ0v) is 12.2. The molecular formula is C14H13ClN2OS. The minimum atomic E-state index is -0.280. The molecule has 2 aromatic heterocycles. The van der Waals surface area contributed by atoms with Crippen LogP contribution in [0.2, 0.25) is 5.02 Å². The van der Waals surface area contributed by atoms with Crippen LogP contribution in [0.4, 0.5) is 0 Å². The van der Waals surface area contributed by atoms with E-state index in [0.29, 0.717) is 5.02 Å². The molecule has 0 amide bonds. The summed E-state index contributed by atoms with van der Waals surface area (Å²) in [5, 5.41) is 2.68. The van der Waals surface area contributed by atoms with E-state index in [9.17, 15) is 0 Å². The molecule has 0 aliphatic rings. The maximum Gasteiger partial charge on any atom is 0.134 e. The second kappa shape index (κ2) is 4.63. The number of furan rings is 1. The number of aromatic nitrogens is 1. The van der Waals surface area contributed by atoms with Crippen LogP contribution in [0.5, 0.6) is 0 Å². The predicted molar refractivity (Wildman–Crippen MR) is 78.8 cm³/mol. The number of hydrogen-bond acceptors (Lipinski definition) is 4. The molecule has 0 fully saturated rings. The zero-order valence-electron chi connectivity index (χ0n) is 10.6. The lowest BCUT2D eigenvalue weighted by molar-refractivity contribution is 0.526. The monoisotopic (exact) mass is 292 g/mol. The van der Waals surface area contributed by atoms with Gasteiger partial charge in [0.1, 0.15) is 11.3 Å². The second-order valence-electron chi connectivity index (χ2n) is 4.49. The normalized spacial score (nSPS) is 13.1. The van der Waals surface area contributed by atoms with Gasteiger partial charge >= 0.3 is 0 Å². The molecule has 19 heavy (non-hydrogen) atoms. The fourth-order valence-corrected chi connectivity index (χ4v) is 3.27. The number of nitrogens with two attached hydrogens (primary N) is 1. The molecule has 0 saturated carbocycles. The number of benzene rings is 1. The summed E-state index contributed by atoms with van der Waals surface area (Å²) in [5.74, 6) is 0.740.